The van der Waals surface area contributed by atoms with E-state index < -0.39 is 22.5 Å². The van der Waals surface area contributed by atoms with Crippen molar-refractivity contribution in [2.75, 3.05) is 20.3 Å². The molecule has 3 aliphatic heterocycles. The van der Waals surface area contributed by atoms with Gasteiger partial charge in [-0.15, -0.1) is 0 Å². The molecule has 0 N–H and O–H groups in total. The normalized spacial score (nSPS) is 45.2. The smallest absolute Gasteiger partial charge is 0.309 e. The Morgan fingerprint density at radius 3 is 2.56 bits per heavy atom. The summed E-state index contributed by atoms with van der Waals surface area (Å²) in [6, 6.07) is 0. The average Bonchev–Trinajstić information content (AvgIpc) is 3.34. The number of rotatable bonds is 4. The maximum absolute atomic E-state index is 13.0. The van der Waals surface area contributed by atoms with Gasteiger partial charge in [0.15, 0.2) is 0 Å². The largest absolute Gasteiger partial charge is 0.469 e. The second-order valence-corrected chi connectivity index (χ2v) is 12.4. The number of carbonyl (C=O) groups is 3. The van der Waals surface area contributed by atoms with Crippen molar-refractivity contribution in [1.82, 2.24) is 0 Å². The van der Waals surface area contributed by atoms with Crippen molar-refractivity contribution >= 4 is 17.9 Å². The Kier molecular flexibility index (Phi) is 6.30. The number of hydrogen-bond acceptors (Lipinski definition) is 8. The van der Waals surface area contributed by atoms with Crippen LogP contribution in [0.1, 0.15) is 66.2 Å². The lowest BCUT2D eigenvalue weighted by molar-refractivity contribution is -0.295. The van der Waals surface area contributed by atoms with E-state index in [1.807, 2.05) is 0 Å². The zero-order chi connectivity index (χ0) is 26.0. The highest BCUT2D eigenvalue weighted by molar-refractivity contribution is 5.74. The summed E-state index contributed by atoms with van der Waals surface area (Å²) in [6.45, 7) is 13.6. The van der Waals surface area contributed by atoms with Crippen molar-refractivity contribution in [2.24, 2.45) is 34.5 Å². The monoisotopic (exact) mass is 504 g/mol. The van der Waals surface area contributed by atoms with Crippen LogP contribution in [0.4, 0.5) is 0 Å². The van der Waals surface area contributed by atoms with Gasteiger partial charge in [-0.25, -0.2) is 0 Å². The first-order valence-corrected chi connectivity index (χ1v) is 13.3. The van der Waals surface area contributed by atoms with Crippen LogP contribution in [0.15, 0.2) is 12.2 Å². The Morgan fingerprint density at radius 1 is 1.17 bits per heavy atom. The van der Waals surface area contributed by atoms with Crippen molar-refractivity contribution in [1.29, 1.82) is 0 Å². The molecule has 8 heteroatoms. The second kappa shape index (κ2) is 8.83. The average molecular weight is 505 g/mol. The van der Waals surface area contributed by atoms with Crippen LogP contribution in [-0.2, 0) is 38.1 Å². The van der Waals surface area contributed by atoms with E-state index in [4.69, 9.17) is 23.7 Å². The number of ether oxygens (including phenoxy) is 5. The zero-order valence-corrected chi connectivity index (χ0v) is 22.2. The Hall–Kier alpha value is -1.93. The van der Waals surface area contributed by atoms with Gasteiger partial charge in [0.2, 0.25) is 0 Å². The van der Waals surface area contributed by atoms with Crippen LogP contribution >= 0.6 is 0 Å². The third-order valence-electron chi connectivity index (χ3n) is 10.4. The van der Waals surface area contributed by atoms with E-state index in [0.717, 1.165) is 24.8 Å². The van der Waals surface area contributed by atoms with E-state index in [2.05, 4.69) is 27.4 Å². The molecule has 2 aliphatic carbocycles. The molecule has 4 unspecified atom stereocenters. The predicted molar refractivity (Wildman–Crippen MR) is 129 cm³/mol. The van der Waals surface area contributed by atoms with E-state index >= 15 is 0 Å². The maximum atomic E-state index is 13.0. The number of esters is 3. The summed E-state index contributed by atoms with van der Waals surface area (Å²) >= 11 is 0. The fraction of sp³-hybridized carbons (Fsp3) is 0.821. The number of methoxy groups -OCH3 is 1. The quantitative estimate of drug-likeness (QED) is 0.325. The molecule has 2 saturated carbocycles. The van der Waals surface area contributed by atoms with Crippen LogP contribution in [0.3, 0.4) is 0 Å². The van der Waals surface area contributed by atoms with Crippen LogP contribution in [0.25, 0.3) is 0 Å². The van der Waals surface area contributed by atoms with Crippen molar-refractivity contribution in [3.8, 4) is 0 Å². The van der Waals surface area contributed by atoms with Crippen LogP contribution in [0.5, 0.6) is 0 Å². The van der Waals surface area contributed by atoms with Gasteiger partial charge < -0.3 is 23.7 Å². The van der Waals surface area contributed by atoms with E-state index in [1.54, 1.807) is 0 Å². The minimum atomic E-state index is -0.812. The van der Waals surface area contributed by atoms with Gasteiger partial charge in [0.1, 0.15) is 17.8 Å². The highest BCUT2D eigenvalue weighted by Gasteiger charge is 2.70. The number of carbonyl (C=O) groups excluding carboxylic acids is 3. The Morgan fingerprint density at radius 2 is 1.92 bits per heavy atom. The molecule has 9 atom stereocenters. The molecule has 3 heterocycles. The van der Waals surface area contributed by atoms with Gasteiger partial charge in [0, 0.05) is 49.0 Å². The molecular formula is C28H40O8. The first-order valence-electron chi connectivity index (χ1n) is 13.3. The molecule has 0 aromatic rings. The van der Waals surface area contributed by atoms with E-state index in [-0.39, 0.29) is 66.6 Å². The molecule has 0 aromatic carbocycles. The maximum Gasteiger partial charge on any atom is 0.309 e. The zero-order valence-electron chi connectivity index (χ0n) is 22.2. The topological polar surface area (TPSA) is 97.4 Å². The lowest BCUT2D eigenvalue weighted by Gasteiger charge is -2.69. The molecule has 5 aliphatic rings. The summed E-state index contributed by atoms with van der Waals surface area (Å²) in [5.41, 5.74) is -0.789. The molecule has 3 saturated heterocycles. The summed E-state index contributed by atoms with van der Waals surface area (Å²) in [5, 5.41) is 0. The third kappa shape index (κ3) is 3.65. The van der Waals surface area contributed by atoms with Gasteiger partial charge in [0.25, 0.3) is 0 Å². The number of hydrogen-bond donors (Lipinski definition) is 0. The van der Waals surface area contributed by atoms with Crippen LogP contribution in [-0.4, -0.2) is 62.1 Å². The minimum absolute atomic E-state index is 0.0105. The molecular weight excluding hydrogens is 464 g/mol. The van der Waals surface area contributed by atoms with E-state index in [1.165, 1.54) is 14.0 Å². The molecule has 8 nitrogen and oxygen atoms in total. The molecule has 5 rings (SSSR count). The summed E-state index contributed by atoms with van der Waals surface area (Å²) < 4.78 is 29.7. The molecule has 2 bridgehead atoms. The molecule has 200 valence electrons. The van der Waals surface area contributed by atoms with E-state index in [9.17, 15) is 14.4 Å². The lowest BCUT2D eigenvalue weighted by atomic mass is 9.43. The molecule has 36 heavy (non-hydrogen) atoms. The fourth-order valence-corrected chi connectivity index (χ4v) is 8.61. The van der Waals surface area contributed by atoms with E-state index in [0.29, 0.717) is 19.6 Å². The van der Waals surface area contributed by atoms with Gasteiger partial charge in [-0.3, -0.25) is 14.4 Å². The van der Waals surface area contributed by atoms with Crippen molar-refractivity contribution in [3.05, 3.63) is 12.2 Å². The fourth-order valence-electron chi connectivity index (χ4n) is 8.61. The van der Waals surface area contributed by atoms with Gasteiger partial charge in [-0.1, -0.05) is 27.4 Å². The third-order valence-corrected chi connectivity index (χ3v) is 10.4. The van der Waals surface area contributed by atoms with Crippen LogP contribution in [0.2, 0.25) is 0 Å². The number of fused-ring (bicyclic) bond motifs is 3. The van der Waals surface area contributed by atoms with Crippen molar-refractivity contribution in [3.63, 3.8) is 0 Å². The second-order valence-electron chi connectivity index (χ2n) is 12.4. The predicted octanol–water partition coefficient (Wildman–Crippen LogP) is 3.61. The molecule has 1 spiro atoms. The molecule has 5 fully saturated rings. The van der Waals surface area contributed by atoms with Crippen molar-refractivity contribution < 1.29 is 38.1 Å². The molecule has 0 aromatic heterocycles. The van der Waals surface area contributed by atoms with Crippen LogP contribution < -0.4 is 0 Å². The van der Waals surface area contributed by atoms with Crippen molar-refractivity contribution in [2.45, 2.75) is 90.1 Å². The summed E-state index contributed by atoms with van der Waals surface area (Å²) in [6.07, 6.45) is 2.46. The van der Waals surface area contributed by atoms with Crippen LogP contribution in [0, 0.1) is 34.5 Å². The van der Waals surface area contributed by atoms with Gasteiger partial charge in [-0.05, 0) is 36.7 Å². The van der Waals surface area contributed by atoms with Gasteiger partial charge >= 0.3 is 17.9 Å². The first-order chi connectivity index (χ1) is 16.9. The van der Waals surface area contributed by atoms with Gasteiger partial charge in [-0.2, -0.15) is 0 Å². The minimum Gasteiger partial charge on any atom is -0.469 e. The molecule has 0 radical (unpaired) electrons. The first kappa shape index (κ1) is 25.7. The highest BCUT2D eigenvalue weighted by Crippen LogP contribution is 2.68. The summed E-state index contributed by atoms with van der Waals surface area (Å²) in [5.74, 6) is -0.852. The Balaban J connectivity index is 1.57. The summed E-state index contributed by atoms with van der Waals surface area (Å²) in [7, 11) is 1.40. The summed E-state index contributed by atoms with van der Waals surface area (Å²) in [4.78, 5) is 37.8. The highest BCUT2D eigenvalue weighted by atomic mass is 16.6. The molecule has 0 amide bonds. The Bertz CT molecular complexity index is 951. The lowest BCUT2D eigenvalue weighted by Crippen LogP contribution is -2.72. The Labute approximate surface area is 213 Å². The number of cyclic esters (lactones) is 1. The van der Waals surface area contributed by atoms with Gasteiger partial charge in [0.05, 0.1) is 26.2 Å². The standard InChI is InChI=1S/C28H40O8/c1-15-18-7-8-19-25(17-9-10-33-14-17)35-24(31)13-28(15,19)36-22-12-21(34-16(2)29)26(3,4)20(27(18,22)5)11-23(30)32-6/h17-22,25H,1,7-14H2,2-6H3/t17?,18?,19?,20-,21-,22-,25-,27+,28?/m0/s1. The SMILES string of the molecule is C=C1C2CCC3[C@H](C4CCOC4)OC(=O)CC13O[C@H]1C[C@H](OC(C)=O)C(C)(C)[C@H](CC(=O)OC)[C@@]21C.